The van der Waals surface area contributed by atoms with Gasteiger partial charge in [0.15, 0.2) is 6.61 Å². The number of non-ortho nitro benzene ring substituents is 1. The van der Waals surface area contributed by atoms with E-state index >= 15 is 0 Å². The van der Waals surface area contributed by atoms with Gasteiger partial charge in [-0.25, -0.2) is 5.43 Å². The first-order chi connectivity index (χ1) is 10.6. The van der Waals surface area contributed by atoms with E-state index in [9.17, 15) is 14.9 Å². The Morgan fingerprint density at radius 2 is 1.86 bits per heavy atom. The van der Waals surface area contributed by atoms with Crippen LogP contribution in [0.4, 0.5) is 5.69 Å². The third-order valence-corrected chi connectivity index (χ3v) is 2.62. The zero-order chi connectivity index (χ0) is 15.8. The minimum absolute atomic E-state index is 0.0377. The number of nitrogens with one attached hydrogen (secondary N) is 1. The van der Waals surface area contributed by atoms with Gasteiger partial charge in [0.05, 0.1) is 11.1 Å². The number of benzene rings is 2. The van der Waals surface area contributed by atoms with Crippen molar-refractivity contribution < 1.29 is 14.5 Å². The van der Waals surface area contributed by atoms with Crippen molar-refractivity contribution in [2.45, 2.75) is 0 Å². The maximum Gasteiger partial charge on any atom is 0.277 e. The van der Waals surface area contributed by atoms with Crippen LogP contribution in [0.15, 0.2) is 59.7 Å². The number of nitro groups is 1. The van der Waals surface area contributed by atoms with Crippen molar-refractivity contribution in [1.82, 2.24) is 5.43 Å². The first kappa shape index (κ1) is 15.2. The molecule has 2 aromatic carbocycles. The quantitative estimate of drug-likeness (QED) is 0.502. The molecular weight excluding hydrogens is 286 g/mol. The molecule has 0 fully saturated rings. The average Bonchev–Trinajstić information content (AvgIpc) is 2.54. The van der Waals surface area contributed by atoms with Crippen LogP contribution < -0.4 is 10.2 Å². The van der Waals surface area contributed by atoms with Crippen molar-refractivity contribution in [1.29, 1.82) is 0 Å². The van der Waals surface area contributed by atoms with Crippen LogP contribution in [0.3, 0.4) is 0 Å². The third kappa shape index (κ3) is 4.71. The van der Waals surface area contributed by atoms with Crippen molar-refractivity contribution in [3.05, 3.63) is 70.3 Å². The van der Waals surface area contributed by atoms with Crippen LogP contribution >= 0.6 is 0 Å². The van der Waals surface area contributed by atoms with E-state index in [-0.39, 0.29) is 12.3 Å². The molecule has 0 aromatic heterocycles. The van der Waals surface area contributed by atoms with Crippen LogP contribution in [0.1, 0.15) is 5.56 Å². The second-order valence-electron chi connectivity index (χ2n) is 4.24. The molecule has 0 saturated carbocycles. The normalized spacial score (nSPS) is 10.4. The number of carbonyl (C=O) groups is 1. The Balaban J connectivity index is 1.78. The fourth-order valence-corrected chi connectivity index (χ4v) is 1.56. The molecule has 0 aliphatic carbocycles. The second-order valence-corrected chi connectivity index (χ2v) is 4.24. The van der Waals surface area contributed by atoms with Gasteiger partial charge in [-0.05, 0) is 17.7 Å². The van der Waals surface area contributed by atoms with Gasteiger partial charge in [-0.3, -0.25) is 14.9 Å². The Hall–Kier alpha value is -3.22. The fraction of sp³-hybridized carbons (Fsp3) is 0.0667. The number of amides is 1. The number of hydrazone groups is 1. The highest BCUT2D eigenvalue weighted by atomic mass is 16.6. The number of carbonyl (C=O) groups excluding carboxylic acids is 1. The van der Waals surface area contributed by atoms with Gasteiger partial charge >= 0.3 is 0 Å². The Morgan fingerprint density at radius 1 is 1.18 bits per heavy atom. The molecule has 1 N–H and O–H groups in total. The van der Waals surface area contributed by atoms with E-state index in [1.807, 2.05) is 30.3 Å². The minimum atomic E-state index is -0.505. The molecule has 0 aliphatic rings. The van der Waals surface area contributed by atoms with E-state index in [0.717, 1.165) is 5.56 Å². The predicted molar refractivity (Wildman–Crippen MR) is 80.8 cm³/mol. The van der Waals surface area contributed by atoms with Gasteiger partial charge in [0, 0.05) is 12.1 Å². The van der Waals surface area contributed by atoms with Crippen molar-refractivity contribution in [2.24, 2.45) is 5.10 Å². The van der Waals surface area contributed by atoms with Gasteiger partial charge in [0.1, 0.15) is 5.75 Å². The maximum absolute atomic E-state index is 11.5. The lowest BCUT2D eigenvalue weighted by Gasteiger charge is -2.04. The molecule has 7 nitrogen and oxygen atoms in total. The first-order valence-electron chi connectivity index (χ1n) is 6.39. The molecule has 2 rings (SSSR count). The Labute approximate surface area is 126 Å². The monoisotopic (exact) mass is 299 g/mol. The molecule has 112 valence electrons. The SMILES string of the molecule is O=C(COc1ccc([N+](=O)[O-])cc1)N/N=C\c1ccccc1. The van der Waals surface area contributed by atoms with Crippen LogP contribution in [-0.2, 0) is 4.79 Å². The summed E-state index contributed by atoms with van der Waals surface area (Å²) < 4.78 is 5.20. The standard InChI is InChI=1S/C15H13N3O4/c19-15(17-16-10-12-4-2-1-3-5-12)11-22-14-8-6-13(7-9-14)18(20)21/h1-10H,11H2,(H,17,19)/b16-10-. The van der Waals surface area contributed by atoms with Gasteiger partial charge in [-0.1, -0.05) is 30.3 Å². The third-order valence-electron chi connectivity index (χ3n) is 2.62. The van der Waals surface area contributed by atoms with E-state index in [2.05, 4.69) is 10.5 Å². The molecule has 0 heterocycles. The van der Waals surface area contributed by atoms with Gasteiger partial charge in [-0.15, -0.1) is 0 Å². The van der Waals surface area contributed by atoms with Gasteiger partial charge in [0.25, 0.3) is 11.6 Å². The molecular formula is C15H13N3O4. The largest absolute Gasteiger partial charge is 0.484 e. The summed E-state index contributed by atoms with van der Waals surface area (Å²) in [6, 6.07) is 14.8. The number of hydrogen-bond acceptors (Lipinski definition) is 5. The van der Waals surface area contributed by atoms with Crippen molar-refractivity contribution in [2.75, 3.05) is 6.61 Å². The maximum atomic E-state index is 11.5. The highest BCUT2D eigenvalue weighted by Gasteiger charge is 2.05. The van der Waals surface area contributed by atoms with Gasteiger partial charge < -0.3 is 4.74 Å². The molecule has 0 spiro atoms. The Bertz CT molecular complexity index is 669. The fourth-order valence-electron chi connectivity index (χ4n) is 1.56. The van der Waals surface area contributed by atoms with Crippen LogP contribution in [0.25, 0.3) is 0 Å². The van der Waals surface area contributed by atoms with E-state index in [0.29, 0.717) is 5.75 Å². The summed E-state index contributed by atoms with van der Waals surface area (Å²) in [5, 5.41) is 14.3. The summed E-state index contributed by atoms with van der Waals surface area (Å²) in [4.78, 5) is 21.5. The highest BCUT2D eigenvalue weighted by molar-refractivity contribution is 5.82. The lowest BCUT2D eigenvalue weighted by Crippen LogP contribution is -2.24. The number of rotatable bonds is 6. The lowest BCUT2D eigenvalue weighted by atomic mass is 10.2. The summed E-state index contributed by atoms with van der Waals surface area (Å²) in [5.41, 5.74) is 3.15. The Kier molecular flexibility index (Phi) is 5.20. The molecule has 0 saturated heterocycles. The van der Waals surface area contributed by atoms with Crippen LogP contribution in [0.5, 0.6) is 5.75 Å². The van der Waals surface area contributed by atoms with E-state index < -0.39 is 10.8 Å². The molecule has 2 aromatic rings. The molecule has 0 aliphatic heterocycles. The topological polar surface area (TPSA) is 93.8 Å². The molecule has 0 atom stereocenters. The number of hydrogen-bond donors (Lipinski definition) is 1. The highest BCUT2D eigenvalue weighted by Crippen LogP contribution is 2.16. The van der Waals surface area contributed by atoms with Crippen molar-refractivity contribution in [3.8, 4) is 5.75 Å². The zero-order valence-corrected chi connectivity index (χ0v) is 11.5. The lowest BCUT2D eigenvalue weighted by molar-refractivity contribution is -0.384. The zero-order valence-electron chi connectivity index (χ0n) is 11.5. The molecule has 0 radical (unpaired) electrons. The Morgan fingerprint density at radius 3 is 2.50 bits per heavy atom. The minimum Gasteiger partial charge on any atom is -0.484 e. The van der Waals surface area contributed by atoms with E-state index in [4.69, 9.17) is 4.74 Å². The molecule has 22 heavy (non-hydrogen) atoms. The van der Waals surface area contributed by atoms with Gasteiger partial charge in [0.2, 0.25) is 0 Å². The summed E-state index contributed by atoms with van der Waals surface area (Å²) in [6.45, 7) is -0.232. The molecule has 1 amide bonds. The molecule has 0 bridgehead atoms. The number of ether oxygens (including phenoxy) is 1. The first-order valence-corrected chi connectivity index (χ1v) is 6.39. The number of nitrogens with zero attached hydrogens (tertiary/aromatic N) is 2. The van der Waals surface area contributed by atoms with E-state index in [1.54, 1.807) is 0 Å². The van der Waals surface area contributed by atoms with Crippen molar-refractivity contribution in [3.63, 3.8) is 0 Å². The van der Waals surface area contributed by atoms with Gasteiger partial charge in [-0.2, -0.15) is 5.10 Å². The van der Waals surface area contributed by atoms with Crippen LogP contribution in [0, 0.1) is 10.1 Å². The summed E-state index contributed by atoms with van der Waals surface area (Å²) in [7, 11) is 0. The van der Waals surface area contributed by atoms with Crippen LogP contribution in [0.2, 0.25) is 0 Å². The average molecular weight is 299 g/mol. The second kappa shape index (κ2) is 7.53. The van der Waals surface area contributed by atoms with E-state index in [1.165, 1.54) is 30.5 Å². The summed E-state index contributed by atoms with van der Waals surface area (Å²) in [6.07, 6.45) is 1.52. The van der Waals surface area contributed by atoms with Crippen molar-refractivity contribution >= 4 is 17.8 Å². The number of nitro benzene ring substituents is 1. The summed E-state index contributed by atoms with van der Waals surface area (Å²) in [5.74, 6) is -0.0571. The smallest absolute Gasteiger partial charge is 0.277 e. The molecule has 7 heteroatoms. The predicted octanol–water partition coefficient (Wildman–Crippen LogP) is 2.12. The molecule has 0 unspecified atom stereocenters. The van der Waals surface area contributed by atoms with Crippen LogP contribution in [-0.4, -0.2) is 23.7 Å². The summed E-state index contributed by atoms with van der Waals surface area (Å²) >= 11 is 0.